The van der Waals surface area contributed by atoms with Gasteiger partial charge in [-0.2, -0.15) is 0 Å². The molecule has 0 fully saturated rings. The van der Waals surface area contributed by atoms with E-state index in [1.807, 2.05) is 6.07 Å². The van der Waals surface area contributed by atoms with E-state index in [0.29, 0.717) is 23.4 Å². The Morgan fingerprint density at radius 3 is 3.15 bits per heavy atom. The number of hydrogen-bond donors (Lipinski definition) is 0. The Morgan fingerprint density at radius 2 is 2.38 bits per heavy atom. The number of nitrogens with zero attached hydrogens (tertiary/aromatic N) is 1. The van der Waals surface area contributed by atoms with E-state index in [1.165, 1.54) is 0 Å². The van der Waals surface area contributed by atoms with E-state index in [4.69, 9.17) is 16.3 Å². The molecule has 0 spiro atoms. The normalized spacial score (nSPS) is 20.8. The molecule has 0 saturated carbocycles. The average molecular weight is 196 g/mol. The standard InChI is InChI=1S/C10H10ClNO/c1-6-5-13-7(2)8-3-4-9(11)12-10(6)8/h3-4,6H,2,5H2,1H3/t6-/m1/s1. The zero-order chi connectivity index (χ0) is 9.42. The molecular formula is C10H10ClNO. The summed E-state index contributed by atoms with van der Waals surface area (Å²) in [6, 6.07) is 3.66. The van der Waals surface area contributed by atoms with Crippen LogP contribution >= 0.6 is 11.6 Å². The lowest BCUT2D eigenvalue weighted by molar-refractivity contribution is 0.243. The second kappa shape index (κ2) is 3.04. The number of rotatable bonds is 0. The van der Waals surface area contributed by atoms with Crippen molar-refractivity contribution in [1.82, 2.24) is 4.98 Å². The van der Waals surface area contributed by atoms with Crippen molar-refractivity contribution in [3.8, 4) is 0 Å². The van der Waals surface area contributed by atoms with Crippen LogP contribution in [0.15, 0.2) is 18.7 Å². The Labute approximate surface area is 82.2 Å². The van der Waals surface area contributed by atoms with Gasteiger partial charge in [-0.1, -0.05) is 25.1 Å². The van der Waals surface area contributed by atoms with Gasteiger partial charge in [-0.3, -0.25) is 0 Å². The minimum Gasteiger partial charge on any atom is -0.493 e. The zero-order valence-electron chi connectivity index (χ0n) is 7.38. The summed E-state index contributed by atoms with van der Waals surface area (Å²) in [5, 5.41) is 0.528. The second-order valence-corrected chi connectivity index (χ2v) is 3.59. The number of pyridine rings is 1. The van der Waals surface area contributed by atoms with E-state index < -0.39 is 0 Å². The van der Waals surface area contributed by atoms with E-state index in [2.05, 4.69) is 18.5 Å². The molecule has 0 bridgehead atoms. The lowest BCUT2D eigenvalue weighted by Crippen LogP contribution is -2.14. The van der Waals surface area contributed by atoms with Crippen LogP contribution < -0.4 is 0 Å². The summed E-state index contributed by atoms with van der Waals surface area (Å²) in [5.74, 6) is 0.983. The van der Waals surface area contributed by atoms with Crippen molar-refractivity contribution in [2.24, 2.45) is 0 Å². The lowest BCUT2D eigenvalue weighted by Gasteiger charge is -2.23. The van der Waals surface area contributed by atoms with Crippen molar-refractivity contribution < 1.29 is 4.74 Å². The Kier molecular flexibility index (Phi) is 2.00. The fourth-order valence-corrected chi connectivity index (χ4v) is 1.60. The molecule has 2 nitrogen and oxygen atoms in total. The first kappa shape index (κ1) is 8.57. The maximum absolute atomic E-state index is 5.81. The Morgan fingerprint density at radius 1 is 1.62 bits per heavy atom. The first-order valence-corrected chi connectivity index (χ1v) is 4.55. The molecule has 2 rings (SSSR count). The number of hydrogen-bond acceptors (Lipinski definition) is 2. The molecule has 13 heavy (non-hydrogen) atoms. The average Bonchev–Trinajstić information content (AvgIpc) is 2.12. The van der Waals surface area contributed by atoms with Crippen LogP contribution in [0.25, 0.3) is 5.76 Å². The molecule has 1 aliphatic heterocycles. The second-order valence-electron chi connectivity index (χ2n) is 3.20. The van der Waals surface area contributed by atoms with Gasteiger partial charge in [0.1, 0.15) is 10.9 Å². The highest BCUT2D eigenvalue weighted by molar-refractivity contribution is 6.29. The highest BCUT2D eigenvalue weighted by atomic mass is 35.5. The van der Waals surface area contributed by atoms with Crippen molar-refractivity contribution in [3.05, 3.63) is 35.1 Å². The minimum absolute atomic E-state index is 0.291. The third-order valence-electron chi connectivity index (χ3n) is 2.17. The minimum atomic E-state index is 0.291. The van der Waals surface area contributed by atoms with Crippen molar-refractivity contribution in [1.29, 1.82) is 0 Å². The van der Waals surface area contributed by atoms with Gasteiger partial charge >= 0.3 is 0 Å². The molecule has 0 radical (unpaired) electrons. The van der Waals surface area contributed by atoms with Crippen molar-refractivity contribution >= 4 is 17.4 Å². The van der Waals surface area contributed by atoms with E-state index in [1.54, 1.807) is 6.07 Å². The van der Waals surface area contributed by atoms with Crippen molar-refractivity contribution in [2.45, 2.75) is 12.8 Å². The van der Waals surface area contributed by atoms with Gasteiger partial charge in [0, 0.05) is 11.5 Å². The Bertz CT molecular complexity index is 362. The van der Waals surface area contributed by atoms with Gasteiger partial charge in [-0.15, -0.1) is 0 Å². The first-order chi connectivity index (χ1) is 6.18. The smallest absolute Gasteiger partial charge is 0.129 e. The number of aromatic nitrogens is 1. The van der Waals surface area contributed by atoms with Crippen molar-refractivity contribution in [3.63, 3.8) is 0 Å². The molecule has 0 aromatic carbocycles. The van der Waals surface area contributed by atoms with E-state index in [-0.39, 0.29) is 0 Å². The van der Waals surface area contributed by atoms with Gasteiger partial charge in [0.2, 0.25) is 0 Å². The fraction of sp³-hybridized carbons (Fsp3) is 0.300. The third kappa shape index (κ3) is 1.42. The monoisotopic (exact) mass is 195 g/mol. The molecule has 2 heterocycles. The molecule has 3 heteroatoms. The van der Waals surface area contributed by atoms with E-state index in [9.17, 15) is 0 Å². The highest BCUT2D eigenvalue weighted by Gasteiger charge is 2.21. The number of ether oxygens (including phenoxy) is 1. The summed E-state index contributed by atoms with van der Waals surface area (Å²) >= 11 is 5.81. The molecular weight excluding hydrogens is 186 g/mol. The summed E-state index contributed by atoms with van der Waals surface area (Å²) in [5.41, 5.74) is 1.96. The number of fused-ring (bicyclic) bond motifs is 1. The molecule has 1 aliphatic rings. The molecule has 1 aromatic rings. The first-order valence-electron chi connectivity index (χ1n) is 4.17. The van der Waals surface area contributed by atoms with Gasteiger partial charge in [-0.05, 0) is 12.1 Å². The zero-order valence-corrected chi connectivity index (χ0v) is 8.14. The van der Waals surface area contributed by atoms with Crippen molar-refractivity contribution in [2.75, 3.05) is 6.61 Å². The van der Waals surface area contributed by atoms with E-state index >= 15 is 0 Å². The predicted molar refractivity (Wildman–Crippen MR) is 52.6 cm³/mol. The van der Waals surface area contributed by atoms with Gasteiger partial charge in [0.25, 0.3) is 0 Å². The van der Waals surface area contributed by atoms with Crippen LogP contribution in [0.2, 0.25) is 5.15 Å². The van der Waals surface area contributed by atoms with Gasteiger partial charge in [0.15, 0.2) is 0 Å². The SMILES string of the molecule is C=C1OC[C@@H](C)c2nc(Cl)ccc21. The highest BCUT2D eigenvalue weighted by Crippen LogP contribution is 2.31. The molecule has 1 aromatic heterocycles. The maximum atomic E-state index is 5.81. The fourth-order valence-electron chi connectivity index (χ4n) is 1.44. The lowest BCUT2D eigenvalue weighted by atomic mass is 9.99. The van der Waals surface area contributed by atoms with Crippen LogP contribution in [-0.4, -0.2) is 11.6 Å². The molecule has 0 amide bonds. The van der Waals surface area contributed by atoms with Gasteiger partial charge < -0.3 is 4.74 Å². The summed E-state index contributed by atoms with van der Waals surface area (Å²) in [7, 11) is 0. The van der Waals surface area contributed by atoms with Gasteiger partial charge in [0.05, 0.1) is 12.3 Å². The Balaban J connectivity index is 2.57. The molecule has 1 atom stereocenters. The van der Waals surface area contributed by atoms with Crippen LogP contribution in [0.3, 0.4) is 0 Å². The summed E-state index contributed by atoms with van der Waals surface area (Å²) in [4.78, 5) is 4.27. The quantitative estimate of drug-likeness (QED) is 0.594. The van der Waals surface area contributed by atoms with E-state index in [0.717, 1.165) is 11.3 Å². The van der Waals surface area contributed by atoms with Crippen LogP contribution in [0.4, 0.5) is 0 Å². The topological polar surface area (TPSA) is 22.1 Å². The molecule has 0 saturated heterocycles. The van der Waals surface area contributed by atoms with Crippen LogP contribution in [-0.2, 0) is 4.74 Å². The summed E-state index contributed by atoms with van der Waals surface area (Å²) in [6.07, 6.45) is 0. The van der Waals surface area contributed by atoms with Gasteiger partial charge in [-0.25, -0.2) is 4.98 Å². The molecule has 0 N–H and O–H groups in total. The van der Waals surface area contributed by atoms with Crippen LogP contribution in [0.1, 0.15) is 24.1 Å². The predicted octanol–water partition coefficient (Wildman–Crippen LogP) is 2.84. The number of halogens is 1. The maximum Gasteiger partial charge on any atom is 0.129 e. The van der Waals surface area contributed by atoms with Crippen LogP contribution in [0, 0.1) is 0 Å². The molecule has 0 aliphatic carbocycles. The molecule has 0 unspecified atom stereocenters. The Hall–Kier alpha value is -1.02. The van der Waals surface area contributed by atoms with Crippen LogP contribution in [0.5, 0.6) is 0 Å². The third-order valence-corrected chi connectivity index (χ3v) is 2.38. The largest absolute Gasteiger partial charge is 0.493 e. The summed E-state index contributed by atoms with van der Waals surface area (Å²) < 4.78 is 5.38. The molecule has 68 valence electrons. The summed E-state index contributed by atoms with van der Waals surface area (Å²) in [6.45, 7) is 6.52.